The van der Waals surface area contributed by atoms with Gasteiger partial charge in [-0.2, -0.15) is 0 Å². The molecule has 1 unspecified atom stereocenters. The molecule has 0 spiro atoms. The molecule has 0 saturated carbocycles. The fourth-order valence-corrected chi connectivity index (χ4v) is 2.06. The fourth-order valence-electron chi connectivity index (χ4n) is 1.84. The van der Waals surface area contributed by atoms with Gasteiger partial charge < -0.3 is 5.73 Å². The van der Waals surface area contributed by atoms with E-state index in [0.29, 0.717) is 19.5 Å². The molecule has 86 valence electrons. The van der Waals surface area contributed by atoms with E-state index in [0.717, 1.165) is 16.0 Å². The molecule has 1 fully saturated rings. The van der Waals surface area contributed by atoms with Crippen LogP contribution in [0.25, 0.3) is 0 Å². The SMILES string of the molecule is Cc1nc(N2CC(CN)CC2=O)ccc1Br. The van der Waals surface area contributed by atoms with Crippen molar-refractivity contribution < 1.29 is 4.79 Å². The summed E-state index contributed by atoms with van der Waals surface area (Å²) >= 11 is 3.39. The smallest absolute Gasteiger partial charge is 0.228 e. The number of nitrogens with two attached hydrogens (primary N) is 1. The molecule has 1 aromatic heterocycles. The van der Waals surface area contributed by atoms with Gasteiger partial charge in [-0.15, -0.1) is 0 Å². The number of carbonyl (C=O) groups excluding carboxylic acids is 1. The second-order valence-corrected chi connectivity index (χ2v) is 4.90. The van der Waals surface area contributed by atoms with E-state index < -0.39 is 0 Å². The minimum Gasteiger partial charge on any atom is -0.330 e. The van der Waals surface area contributed by atoms with Crippen LogP contribution in [-0.2, 0) is 4.79 Å². The summed E-state index contributed by atoms with van der Waals surface area (Å²) < 4.78 is 0.957. The maximum atomic E-state index is 11.8. The first kappa shape index (κ1) is 11.5. The molecule has 2 rings (SSSR count). The van der Waals surface area contributed by atoms with E-state index in [2.05, 4.69) is 20.9 Å². The average molecular weight is 284 g/mol. The number of amides is 1. The summed E-state index contributed by atoms with van der Waals surface area (Å²) in [5.74, 6) is 1.10. The van der Waals surface area contributed by atoms with Crippen LogP contribution in [0.5, 0.6) is 0 Å². The molecule has 1 aromatic rings. The third-order valence-corrected chi connectivity index (χ3v) is 3.66. The number of hydrogen-bond acceptors (Lipinski definition) is 3. The van der Waals surface area contributed by atoms with E-state index in [9.17, 15) is 4.79 Å². The number of aromatic nitrogens is 1. The summed E-state index contributed by atoms with van der Waals surface area (Å²) in [5, 5.41) is 0. The van der Waals surface area contributed by atoms with Crippen LogP contribution in [0, 0.1) is 12.8 Å². The average Bonchev–Trinajstić information content (AvgIpc) is 2.64. The lowest BCUT2D eigenvalue weighted by molar-refractivity contribution is -0.117. The Balaban J connectivity index is 2.24. The van der Waals surface area contributed by atoms with Gasteiger partial charge in [-0.25, -0.2) is 4.98 Å². The number of aryl methyl sites for hydroxylation is 1. The summed E-state index contributed by atoms with van der Waals surface area (Å²) in [4.78, 5) is 17.9. The molecule has 0 bridgehead atoms. The molecular formula is C11H14BrN3O. The van der Waals surface area contributed by atoms with E-state index in [1.54, 1.807) is 4.90 Å². The molecule has 0 aromatic carbocycles. The predicted molar refractivity (Wildman–Crippen MR) is 66.2 cm³/mol. The van der Waals surface area contributed by atoms with Crippen molar-refractivity contribution in [3.8, 4) is 0 Å². The Morgan fingerprint density at radius 3 is 2.94 bits per heavy atom. The molecule has 1 saturated heterocycles. The number of rotatable bonds is 2. The second kappa shape index (κ2) is 4.51. The maximum Gasteiger partial charge on any atom is 0.228 e. The fraction of sp³-hybridized carbons (Fsp3) is 0.455. The third-order valence-electron chi connectivity index (χ3n) is 2.82. The summed E-state index contributed by atoms with van der Waals surface area (Å²) in [6.07, 6.45) is 0.535. The van der Waals surface area contributed by atoms with Gasteiger partial charge in [-0.1, -0.05) is 0 Å². The number of nitrogens with zero attached hydrogens (tertiary/aromatic N) is 2. The zero-order chi connectivity index (χ0) is 11.7. The van der Waals surface area contributed by atoms with E-state index in [-0.39, 0.29) is 11.8 Å². The number of carbonyl (C=O) groups is 1. The van der Waals surface area contributed by atoms with Gasteiger partial charge in [-0.05, 0) is 47.4 Å². The first-order valence-electron chi connectivity index (χ1n) is 5.25. The monoisotopic (exact) mass is 283 g/mol. The Bertz CT molecular complexity index is 422. The quantitative estimate of drug-likeness (QED) is 0.894. The molecule has 5 heteroatoms. The van der Waals surface area contributed by atoms with E-state index in [4.69, 9.17) is 5.73 Å². The van der Waals surface area contributed by atoms with Crippen LogP contribution in [-0.4, -0.2) is 24.0 Å². The standard InChI is InChI=1S/C11H14BrN3O/c1-7-9(12)2-3-10(14-7)15-6-8(5-13)4-11(15)16/h2-3,8H,4-6,13H2,1H3. The summed E-state index contributed by atoms with van der Waals surface area (Å²) in [6.45, 7) is 3.15. The van der Waals surface area contributed by atoms with Crippen LogP contribution in [0.15, 0.2) is 16.6 Å². The van der Waals surface area contributed by atoms with Crippen LogP contribution in [0.3, 0.4) is 0 Å². The second-order valence-electron chi connectivity index (χ2n) is 4.05. The number of halogens is 1. The van der Waals surface area contributed by atoms with Crippen molar-refractivity contribution in [2.75, 3.05) is 18.0 Å². The molecule has 0 radical (unpaired) electrons. The van der Waals surface area contributed by atoms with Crippen LogP contribution in [0.4, 0.5) is 5.82 Å². The summed E-state index contributed by atoms with van der Waals surface area (Å²) in [5.41, 5.74) is 6.47. The molecule has 1 amide bonds. The van der Waals surface area contributed by atoms with Crippen LogP contribution < -0.4 is 10.6 Å². The molecule has 2 N–H and O–H groups in total. The highest BCUT2D eigenvalue weighted by Crippen LogP contribution is 2.25. The van der Waals surface area contributed by atoms with Crippen LogP contribution >= 0.6 is 15.9 Å². The van der Waals surface area contributed by atoms with Crippen molar-refractivity contribution in [1.82, 2.24) is 4.98 Å². The van der Waals surface area contributed by atoms with Crippen molar-refractivity contribution in [2.45, 2.75) is 13.3 Å². The minimum atomic E-state index is 0.115. The predicted octanol–water partition coefficient (Wildman–Crippen LogP) is 1.46. The normalized spacial score (nSPS) is 20.6. The number of pyridine rings is 1. The van der Waals surface area contributed by atoms with Gasteiger partial charge in [-0.3, -0.25) is 9.69 Å². The van der Waals surface area contributed by atoms with Crippen molar-refractivity contribution >= 4 is 27.7 Å². The van der Waals surface area contributed by atoms with Crippen LogP contribution in [0.1, 0.15) is 12.1 Å². The van der Waals surface area contributed by atoms with Crippen molar-refractivity contribution in [3.05, 3.63) is 22.3 Å². The molecule has 1 aliphatic heterocycles. The highest BCUT2D eigenvalue weighted by Gasteiger charge is 2.30. The van der Waals surface area contributed by atoms with Gasteiger partial charge in [0.15, 0.2) is 0 Å². The Kier molecular flexibility index (Phi) is 3.25. The van der Waals surface area contributed by atoms with Gasteiger partial charge in [0.2, 0.25) is 5.91 Å². The largest absolute Gasteiger partial charge is 0.330 e. The van der Waals surface area contributed by atoms with E-state index >= 15 is 0 Å². The number of hydrogen-bond donors (Lipinski definition) is 1. The highest BCUT2D eigenvalue weighted by atomic mass is 79.9. The number of anilines is 1. The Morgan fingerprint density at radius 2 is 2.38 bits per heavy atom. The summed E-state index contributed by atoms with van der Waals surface area (Å²) in [6, 6.07) is 3.77. The lowest BCUT2D eigenvalue weighted by Gasteiger charge is -2.16. The Labute approximate surface area is 103 Å². The van der Waals surface area contributed by atoms with E-state index in [1.807, 2.05) is 19.1 Å². The first-order valence-corrected chi connectivity index (χ1v) is 6.04. The lowest BCUT2D eigenvalue weighted by Crippen LogP contribution is -2.26. The van der Waals surface area contributed by atoms with Gasteiger partial charge in [0.25, 0.3) is 0 Å². The van der Waals surface area contributed by atoms with Gasteiger partial charge in [0, 0.05) is 17.4 Å². The molecule has 0 aliphatic carbocycles. The minimum absolute atomic E-state index is 0.115. The molecule has 4 nitrogen and oxygen atoms in total. The van der Waals surface area contributed by atoms with E-state index in [1.165, 1.54) is 0 Å². The topological polar surface area (TPSA) is 59.2 Å². The van der Waals surface area contributed by atoms with Crippen molar-refractivity contribution in [3.63, 3.8) is 0 Å². The molecule has 1 aliphatic rings. The van der Waals surface area contributed by atoms with Gasteiger partial charge >= 0.3 is 0 Å². The van der Waals surface area contributed by atoms with Crippen molar-refractivity contribution in [2.24, 2.45) is 11.7 Å². The molecule has 16 heavy (non-hydrogen) atoms. The maximum absolute atomic E-state index is 11.8. The Morgan fingerprint density at radius 1 is 1.62 bits per heavy atom. The van der Waals surface area contributed by atoms with Gasteiger partial charge in [0.05, 0.1) is 5.69 Å². The first-order chi connectivity index (χ1) is 7.61. The molecule has 1 atom stereocenters. The zero-order valence-electron chi connectivity index (χ0n) is 9.11. The Hall–Kier alpha value is -0.940. The zero-order valence-corrected chi connectivity index (χ0v) is 10.7. The van der Waals surface area contributed by atoms with Crippen LogP contribution in [0.2, 0.25) is 0 Å². The van der Waals surface area contributed by atoms with Gasteiger partial charge in [0.1, 0.15) is 5.82 Å². The van der Waals surface area contributed by atoms with Crippen molar-refractivity contribution in [1.29, 1.82) is 0 Å². The molecule has 2 heterocycles. The lowest BCUT2D eigenvalue weighted by atomic mass is 10.1. The highest BCUT2D eigenvalue weighted by molar-refractivity contribution is 9.10. The molecular weight excluding hydrogens is 270 g/mol. The third kappa shape index (κ3) is 2.10. The summed E-state index contributed by atoms with van der Waals surface area (Å²) in [7, 11) is 0.